The van der Waals surface area contributed by atoms with Gasteiger partial charge >= 0.3 is 0 Å². The van der Waals surface area contributed by atoms with Gasteiger partial charge in [0.05, 0.1) is 11.0 Å². The lowest BCUT2D eigenvalue weighted by Gasteiger charge is -2.33. The van der Waals surface area contributed by atoms with Gasteiger partial charge in [0.2, 0.25) is 0 Å². The van der Waals surface area contributed by atoms with E-state index in [4.69, 9.17) is 4.18 Å². The van der Waals surface area contributed by atoms with E-state index in [1.807, 2.05) is 20.9 Å². The van der Waals surface area contributed by atoms with Crippen molar-refractivity contribution in [3.63, 3.8) is 0 Å². The van der Waals surface area contributed by atoms with Crippen molar-refractivity contribution in [2.24, 2.45) is 5.92 Å². The molecule has 2 atom stereocenters. The first kappa shape index (κ1) is 17.4. The van der Waals surface area contributed by atoms with E-state index < -0.39 is 10.1 Å². The van der Waals surface area contributed by atoms with Crippen LogP contribution in [0.4, 0.5) is 0 Å². The average Bonchev–Trinajstić information content (AvgIpc) is 2.33. The van der Waals surface area contributed by atoms with Crippen molar-refractivity contribution in [2.75, 3.05) is 20.1 Å². The zero-order chi connectivity index (χ0) is 14.0. The van der Waals surface area contributed by atoms with E-state index in [-0.39, 0.29) is 29.3 Å². The second-order valence-electron chi connectivity index (χ2n) is 5.43. The highest BCUT2D eigenvalue weighted by atomic mass is 35.5. The van der Waals surface area contributed by atoms with Crippen molar-refractivity contribution >= 4 is 22.5 Å². The van der Waals surface area contributed by atoms with E-state index in [1.165, 1.54) is 0 Å². The predicted octanol–water partition coefficient (Wildman–Crippen LogP) is 2.46. The minimum atomic E-state index is -3.65. The van der Waals surface area contributed by atoms with Gasteiger partial charge in [-0.2, -0.15) is 8.42 Å². The summed E-state index contributed by atoms with van der Waals surface area (Å²) in [6, 6.07) is 6.78. The molecule has 0 bridgehead atoms. The first-order valence-electron chi connectivity index (χ1n) is 6.57. The molecule has 0 aromatic heterocycles. The summed E-state index contributed by atoms with van der Waals surface area (Å²) < 4.78 is 29.8. The topological polar surface area (TPSA) is 46.6 Å². The molecule has 2 unspecified atom stereocenters. The Morgan fingerprint density at radius 2 is 1.85 bits per heavy atom. The molecule has 0 N–H and O–H groups in total. The Bertz CT molecular complexity index is 530. The molecule has 114 valence electrons. The number of likely N-dealkylation sites (tertiary alicyclic amines) is 1. The predicted molar refractivity (Wildman–Crippen MR) is 81.8 cm³/mol. The number of rotatable bonds is 3. The van der Waals surface area contributed by atoms with Crippen molar-refractivity contribution in [2.45, 2.75) is 31.3 Å². The first-order chi connectivity index (χ1) is 8.88. The molecule has 1 heterocycles. The molecule has 1 fully saturated rings. The Kier molecular flexibility index (Phi) is 6.01. The molecule has 0 radical (unpaired) electrons. The van der Waals surface area contributed by atoms with Crippen LogP contribution in [0, 0.1) is 12.8 Å². The van der Waals surface area contributed by atoms with Crippen LogP contribution in [-0.4, -0.2) is 39.6 Å². The van der Waals surface area contributed by atoms with Crippen LogP contribution < -0.4 is 0 Å². The normalized spacial score (nSPS) is 24.1. The average molecular weight is 320 g/mol. The number of hydrogen-bond acceptors (Lipinski definition) is 4. The van der Waals surface area contributed by atoms with Crippen LogP contribution in [0.3, 0.4) is 0 Å². The molecule has 0 spiro atoms. The van der Waals surface area contributed by atoms with Crippen molar-refractivity contribution < 1.29 is 12.6 Å². The van der Waals surface area contributed by atoms with Gasteiger partial charge < -0.3 is 4.90 Å². The maximum absolute atomic E-state index is 12.2. The molecule has 0 saturated carbocycles. The third-order valence-corrected chi connectivity index (χ3v) is 4.94. The maximum Gasteiger partial charge on any atom is 0.297 e. The first-order valence-corrected chi connectivity index (χ1v) is 7.98. The highest BCUT2D eigenvalue weighted by Gasteiger charge is 2.30. The molecule has 1 aliphatic rings. The zero-order valence-electron chi connectivity index (χ0n) is 12.1. The Balaban J connectivity index is 0.00000200. The third-order valence-electron chi connectivity index (χ3n) is 3.59. The summed E-state index contributed by atoms with van der Waals surface area (Å²) in [5, 5.41) is 0. The molecule has 1 aliphatic heterocycles. The number of benzene rings is 1. The van der Waals surface area contributed by atoms with Crippen LogP contribution in [0.5, 0.6) is 0 Å². The number of hydrogen-bond donors (Lipinski definition) is 0. The zero-order valence-corrected chi connectivity index (χ0v) is 13.7. The summed E-state index contributed by atoms with van der Waals surface area (Å²) in [5.41, 5.74) is 1.03. The second kappa shape index (κ2) is 6.89. The molecule has 0 aliphatic carbocycles. The van der Waals surface area contributed by atoms with Gasteiger partial charge in [-0.3, -0.25) is 4.18 Å². The Morgan fingerprint density at radius 3 is 2.40 bits per heavy atom. The van der Waals surface area contributed by atoms with E-state index in [2.05, 4.69) is 4.90 Å². The lowest BCUT2D eigenvalue weighted by molar-refractivity contribution is 0.0689. The van der Waals surface area contributed by atoms with Crippen LogP contribution in [0.1, 0.15) is 18.9 Å². The summed E-state index contributed by atoms with van der Waals surface area (Å²) >= 11 is 0. The Morgan fingerprint density at radius 1 is 1.25 bits per heavy atom. The van der Waals surface area contributed by atoms with Crippen molar-refractivity contribution in [1.29, 1.82) is 0 Å². The van der Waals surface area contributed by atoms with E-state index in [9.17, 15) is 8.42 Å². The lowest BCUT2D eigenvalue weighted by atomic mass is 9.97. The molecule has 1 aromatic rings. The molecule has 4 nitrogen and oxygen atoms in total. The standard InChI is InChI=1S/C14H21NO3S.ClH/c1-11-4-6-13(7-5-11)19(16,17)18-14-8-9-15(3)10-12(14)2;/h4-7,12,14H,8-10H2,1-3H3;1H. The van der Waals surface area contributed by atoms with Gasteiger partial charge in [0.25, 0.3) is 10.1 Å². The molecule has 20 heavy (non-hydrogen) atoms. The largest absolute Gasteiger partial charge is 0.306 e. The third kappa shape index (κ3) is 4.19. The molecule has 6 heteroatoms. The maximum atomic E-state index is 12.2. The summed E-state index contributed by atoms with van der Waals surface area (Å²) in [4.78, 5) is 2.44. The molecule has 0 amide bonds. The van der Waals surface area contributed by atoms with Gasteiger partial charge in [0, 0.05) is 13.1 Å². The number of piperidine rings is 1. The van der Waals surface area contributed by atoms with E-state index >= 15 is 0 Å². The van der Waals surface area contributed by atoms with Crippen LogP contribution >= 0.6 is 12.4 Å². The van der Waals surface area contributed by atoms with Gasteiger partial charge in [0.15, 0.2) is 0 Å². The summed E-state index contributed by atoms with van der Waals surface area (Å²) in [6.07, 6.45) is 0.533. The number of halogens is 1. The molecular weight excluding hydrogens is 298 g/mol. The second-order valence-corrected chi connectivity index (χ2v) is 7.00. The van der Waals surface area contributed by atoms with E-state index in [1.54, 1.807) is 24.3 Å². The van der Waals surface area contributed by atoms with Crippen LogP contribution in [0.15, 0.2) is 29.2 Å². The Hall–Kier alpha value is -0.620. The number of aryl methyl sites for hydroxylation is 1. The van der Waals surface area contributed by atoms with Crippen LogP contribution in [0.25, 0.3) is 0 Å². The highest BCUT2D eigenvalue weighted by molar-refractivity contribution is 7.86. The van der Waals surface area contributed by atoms with Crippen LogP contribution in [-0.2, 0) is 14.3 Å². The van der Waals surface area contributed by atoms with Crippen LogP contribution in [0.2, 0.25) is 0 Å². The number of nitrogens with zero attached hydrogens (tertiary/aromatic N) is 1. The fourth-order valence-electron chi connectivity index (χ4n) is 2.40. The summed E-state index contributed by atoms with van der Waals surface area (Å²) in [7, 11) is -1.60. The quantitative estimate of drug-likeness (QED) is 0.803. The highest BCUT2D eigenvalue weighted by Crippen LogP contribution is 2.24. The minimum Gasteiger partial charge on any atom is -0.306 e. The Labute approximate surface area is 127 Å². The fraction of sp³-hybridized carbons (Fsp3) is 0.571. The van der Waals surface area contributed by atoms with Crippen molar-refractivity contribution in [1.82, 2.24) is 4.90 Å². The molecule has 2 rings (SSSR count). The van der Waals surface area contributed by atoms with Gasteiger partial charge in [-0.1, -0.05) is 24.6 Å². The summed E-state index contributed by atoms with van der Waals surface area (Å²) in [6.45, 7) is 5.70. The lowest BCUT2D eigenvalue weighted by Crippen LogP contribution is -2.41. The van der Waals surface area contributed by atoms with Gasteiger partial charge in [-0.05, 0) is 38.4 Å². The van der Waals surface area contributed by atoms with Gasteiger partial charge in [-0.15, -0.1) is 12.4 Å². The van der Waals surface area contributed by atoms with Gasteiger partial charge in [-0.25, -0.2) is 0 Å². The summed E-state index contributed by atoms with van der Waals surface area (Å²) in [5.74, 6) is 0.221. The fourth-order valence-corrected chi connectivity index (χ4v) is 3.59. The molecular formula is C14H22ClNO3S. The van der Waals surface area contributed by atoms with E-state index in [0.29, 0.717) is 0 Å². The molecule has 1 saturated heterocycles. The molecule has 1 aromatic carbocycles. The smallest absolute Gasteiger partial charge is 0.297 e. The SMILES string of the molecule is Cc1ccc(S(=O)(=O)OC2CCN(C)CC2C)cc1.Cl. The van der Waals surface area contributed by atoms with Crippen molar-refractivity contribution in [3.05, 3.63) is 29.8 Å². The van der Waals surface area contributed by atoms with E-state index in [0.717, 1.165) is 25.1 Å². The van der Waals surface area contributed by atoms with Crippen molar-refractivity contribution in [3.8, 4) is 0 Å². The monoisotopic (exact) mass is 319 g/mol. The van der Waals surface area contributed by atoms with Gasteiger partial charge in [0.1, 0.15) is 0 Å². The minimum absolute atomic E-state index is 0.